The zero-order valence-electron chi connectivity index (χ0n) is 11.0. The van der Waals surface area contributed by atoms with Crippen LogP contribution in [-0.2, 0) is 21.3 Å². The van der Waals surface area contributed by atoms with E-state index in [0.717, 1.165) is 5.56 Å². The number of ether oxygens (including phenoxy) is 1. The summed E-state index contributed by atoms with van der Waals surface area (Å²) in [7, 11) is -0.446. The van der Waals surface area contributed by atoms with Crippen molar-refractivity contribution in [3.63, 3.8) is 0 Å². The van der Waals surface area contributed by atoms with Crippen LogP contribution in [0.3, 0.4) is 0 Å². The molecule has 106 valence electrons. The van der Waals surface area contributed by atoms with E-state index in [4.69, 9.17) is 0 Å². The van der Waals surface area contributed by atoms with E-state index in [1.165, 1.54) is 14.2 Å². The van der Waals surface area contributed by atoms with Crippen molar-refractivity contribution in [2.24, 2.45) is 0 Å². The Morgan fingerprint density at radius 3 is 2.42 bits per heavy atom. The summed E-state index contributed by atoms with van der Waals surface area (Å²) in [6.07, 6.45) is 0. The molecule has 0 spiro atoms. The van der Waals surface area contributed by atoms with Gasteiger partial charge in [0, 0.05) is 13.1 Å². The summed E-state index contributed by atoms with van der Waals surface area (Å²) in [5.41, 5.74) is 1.46. The summed E-state index contributed by atoms with van der Waals surface area (Å²) >= 11 is 0. The molecule has 0 amide bonds. The highest BCUT2D eigenvalue weighted by Crippen LogP contribution is 2.05. The normalized spacial score (nSPS) is 11.3. The van der Waals surface area contributed by atoms with Gasteiger partial charge in [0.15, 0.2) is 0 Å². The highest BCUT2D eigenvalue weighted by atomic mass is 32.2. The summed E-state index contributed by atoms with van der Waals surface area (Å²) < 4.78 is 29.2. The third-order valence-electron chi connectivity index (χ3n) is 2.56. The summed E-state index contributed by atoms with van der Waals surface area (Å²) in [6.45, 7) is 0.905. The van der Waals surface area contributed by atoms with Crippen molar-refractivity contribution in [2.75, 3.05) is 26.5 Å². The lowest BCUT2D eigenvalue weighted by atomic mass is 10.1. The molecule has 0 saturated carbocycles. The minimum Gasteiger partial charge on any atom is -0.465 e. The Hall–Kier alpha value is -1.44. The molecule has 0 saturated heterocycles. The quantitative estimate of drug-likeness (QED) is 0.549. The average Bonchev–Trinajstić information content (AvgIpc) is 2.43. The largest absolute Gasteiger partial charge is 0.465 e. The number of carbonyl (C=O) groups excluding carboxylic acids is 1. The molecule has 0 radical (unpaired) electrons. The maximum absolute atomic E-state index is 11.2. The van der Waals surface area contributed by atoms with Crippen LogP contribution < -0.4 is 10.0 Å². The lowest BCUT2D eigenvalue weighted by Gasteiger charge is -2.06. The van der Waals surface area contributed by atoms with Gasteiger partial charge in [0.05, 0.1) is 18.4 Å². The van der Waals surface area contributed by atoms with Crippen molar-refractivity contribution in [3.05, 3.63) is 35.4 Å². The Kier molecular flexibility index (Phi) is 5.94. The number of carbonyl (C=O) groups is 1. The highest BCUT2D eigenvalue weighted by molar-refractivity contribution is 7.89. The fraction of sp³-hybridized carbons (Fsp3) is 0.417. The molecule has 0 heterocycles. The van der Waals surface area contributed by atoms with Gasteiger partial charge in [0.25, 0.3) is 0 Å². The molecule has 19 heavy (non-hydrogen) atoms. The van der Waals surface area contributed by atoms with E-state index in [-0.39, 0.29) is 11.7 Å². The van der Waals surface area contributed by atoms with Crippen LogP contribution in [0.25, 0.3) is 0 Å². The first kappa shape index (κ1) is 15.6. The monoisotopic (exact) mass is 286 g/mol. The molecule has 7 heteroatoms. The smallest absolute Gasteiger partial charge is 0.337 e. The van der Waals surface area contributed by atoms with E-state index in [2.05, 4.69) is 14.8 Å². The van der Waals surface area contributed by atoms with Crippen LogP contribution in [0.4, 0.5) is 0 Å². The van der Waals surface area contributed by atoms with Gasteiger partial charge in [0.2, 0.25) is 10.0 Å². The highest BCUT2D eigenvalue weighted by Gasteiger charge is 2.06. The van der Waals surface area contributed by atoms with Gasteiger partial charge in [0.1, 0.15) is 0 Å². The zero-order chi connectivity index (χ0) is 14.3. The van der Waals surface area contributed by atoms with Gasteiger partial charge in [-0.2, -0.15) is 0 Å². The molecule has 0 atom stereocenters. The third-order valence-corrected chi connectivity index (χ3v) is 3.93. The number of methoxy groups -OCH3 is 1. The van der Waals surface area contributed by atoms with Crippen LogP contribution in [-0.4, -0.2) is 40.8 Å². The number of sulfonamides is 1. The summed E-state index contributed by atoms with van der Waals surface area (Å²) in [6, 6.07) is 6.94. The fourth-order valence-corrected chi connectivity index (χ4v) is 2.04. The maximum atomic E-state index is 11.2. The number of hydrogen-bond acceptors (Lipinski definition) is 5. The van der Waals surface area contributed by atoms with Crippen LogP contribution in [0, 0.1) is 0 Å². The molecule has 6 nitrogen and oxygen atoms in total. The number of benzene rings is 1. The summed E-state index contributed by atoms with van der Waals surface area (Å²) in [5.74, 6) is -0.344. The minimum absolute atomic E-state index is 0.0315. The lowest BCUT2D eigenvalue weighted by Crippen LogP contribution is -2.29. The zero-order valence-corrected chi connectivity index (χ0v) is 11.8. The minimum atomic E-state index is -3.17. The van der Waals surface area contributed by atoms with Gasteiger partial charge < -0.3 is 10.1 Å². The van der Waals surface area contributed by atoms with Gasteiger partial charge in [-0.1, -0.05) is 12.1 Å². The first-order valence-electron chi connectivity index (χ1n) is 5.77. The molecule has 0 aliphatic rings. The second-order valence-corrected chi connectivity index (χ2v) is 5.93. The van der Waals surface area contributed by atoms with E-state index in [0.29, 0.717) is 18.7 Å². The number of nitrogens with one attached hydrogen (secondary N) is 2. The Bertz CT molecular complexity index is 511. The SMILES string of the molecule is CNS(=O)(=O)CCNCc1ccc(C(=O)OC)cc1. The molecule has 0 aliphatic heterocycles. The first-order valence-corrected chi connectivity index (χ1v) is 7.43. The maximum Gasteiger partial charge on any atom is 0.337 e. The molecule has 0 aromatic heterocycles. The fourth-order valence-electron chi connectivity index (χ4n) is 1.42. The van der Waals surface area contributed by atoms with E-state index in [1.807, 2.05) is 0 Å². The standard InChI is InChI=1S/C12H18N2O4S/c1-13-19(16,17)8-7-14-9-10-3-5-11(6-4-10)12(15)18-2/h3-6,13-14H,7-9H2,1-2H3. The lowest BCUT2D eigenvalue weighted by molar-refractivity contribution is 0.0600. The molecule has 1 aromatic carbocycles. The van der Waals surface area contributed by atoms with Crippen molar-refractivity contribution in [1.29, 1.82) is 0 Å². The molecule has 0 aliphatic carbocycles. The first-order chi connectivity index (χ1) is 8.98. The van der Waals surface area contributed by atoms with Crippen molar-refractivity contribution >= 4 is 16.0 Å². The molecule has 2 N–H and O–H groups in total. The van der Waals surface area contributed by atoms with E-state index >= 15 is 0 Å². The van der Waals surface area contributed by atoms with E-state index in [1.54, 1.807) is 24.3 Å². The Balaban J connectivity index is 2.40. The van der Waals surface area contributed by atoms with Gasteiger partial charge in [-0.05, 0) is 24.7 Å². The van der Waals surface area contributed by atoms with E-state index < -0.39 is 10.0 Å². The van der Waals surface area contributed by atoms with Crippen molar-refractivity contribution in [3.8, 4) is 0 Å². The van der Waals surface area contributed by atoms with Crippen molar-refractivity contribution in [1.82, 2.24) is 10.0 Å². The van der Waals surface area contributed by atoms with Crippen molar-refractivity contribution in [2.45, 2.75) is 6.54 Å². The second kappa shape index (κ2) is 7.22. The van der Waals surface area contributed by atoms with Crippen LogP contribution in [0.5, 0.6) is 0 Å². The van der Waals surface area contributed by atoms with E-state index in [9.17, 15) is 13.2 Å². The Morgan fingerprint density at radius 1 is 1.26 bits per heavy atom. The predicted octanol–water partition coefficient (Wildman–Crippen LogP) is 0.112. The summed E-state index contributed by atoms with van der Waals surface area (Å²) in [5, 5.41) is 3.02. The van der Waals surface area contributed by atoms with Gasteiger partial charge in [-0.25, -0.2) is 17.9 Å². The van der Waals surface area contributed by atoms with Gasteiger partial charge >= 0.3 is 5.97 Å². The number of rotatable bonds is 7. The van der Waals surface area contributed by atoms with Crippen LogP contribution in [0.1, 0.15) is 15.9 Å². The number of esters is 1. The topological polar surface area (TPSA) is 84.5 Å². The molecule has 0 unspecified atom stereocenters. The molecule has 1 rings (SSSR count). The van der Waals surface area contributed by atoms with Crippen LogP contribution >= 0.6 is 0 Å². The molecular formula is C12H18N2O4S. The van der Waals surface area contributed by atoms with Crippen molar-refractivity contribution < 1.29 is 17.9 Å². The summed E-state index contributed by atoms with van der Waals surface area (Å²) in [4.78, 5) is 11.2. The van der Waals surface area contributed by atoms with Gasteiger partial charge in [-0.3, -0.25) is 0 Å². The molecule has 0 fully saturated rings. The van der Waals surface area contributed by atoms with Gasteiger partial charge in [-0.15, -0.1) is 0 Å². The third kappa shape index (κ3) is 5.37. The second-order valence-electron chi connectivity index (χ2n) is 3.89. The van der Waals surface area contributed by atoms with Crippen LogP contribution in [0.15, 0.2) is 24.3 Å². The predicted molar refractivity (Wildman–Crippen MR) is 72.3 cm³/mol. The molecule has 1 aromatic rings. The average molecular weight is 286 g/mol. The van der Waals surface area contributed by atoms with Crippen LogP contribution in [0.2, 0.25) is 0 Å². The molecular weight excluding hydrogens is 268 g/mol. The Labute approximate surface area is 113 Å². The Morgan fingerprint density at radius 2 is 1.89 bits per heavy atom. The molecule has 0 bridgehead atoms. The number of hydrogen-bond donors (Lipinski definition) is 2.